The topological polar surface area (TPSA) is 219 Å². The second-order valence-corrected chi connectivity index (χ2v) is 16.0. The molecular weight excluding hydrogens is 718 g/mol. The van der Waals surface area contributed by atoms with Gasteiger partial charge in [-0.25, -0.2) is 19.2 Å². The van der Waals surface area contributed by atoms with Crippen molar-refractivity contribution < 1.29 is 56.8 Å². The van der Waals surface area contributed by atoms with Gasteiger partial charge in [0.25, 0.3) is 5.78 Å². The highest BCUT2D eigenvalue weighted by Crippen LogP contribution is 2.53. The van der Waals surface area contributed by atoms with Gasteiger partial charge >= 0.3 is 24.0 Å². The summed E-state index contributed by atoms with van der Waals surface area (Å²) in [7, 11) is 0. The third-order valence-corrected chi connectivity index (χ3v) is 10.7. The third kappa shape index (κ3) is 8.32. The molecule has 17 nitrogen and oxygen atoms in total. The van der Waals surface area contributed by atoms with Crippen LogP contribution < -0.4 is 10.6 Å². The molecule has 2 aromatic heterocycles. The SMILES string of the molecule is CCOC(=O)C(=O)C1CN(C(=O)OC(C)(C)C)CC2(CC2)C1=O.CCOC(=O)c1noc2c1CNCC21CC1.CCOC(=O)c1noc2c1CNCC21CC1. The van der Waals surface area contributed by atoms with Crippen molar-refractivity contribution in [3.8, 4) is 0 Å². The first-order valence-corrected chi connectivity index (χ1v) is 19.1. The number of amides is 1. The highest BCUT2D eigenvalue weighted by Gasteiger charge is 2.59. The van der Waals surface area contributed by atoms with Crippen LogP contribution in [-0.4, -0.2) is 102 Å². The highest BCUT2D eigenvalue weighted by atomic mass is 16.6. The number of likely N-dealkylation sites (tertiary alicyclic amines) is 1. The molecule has 1 amide bonds. The molecular formula is C38H51N5O12. The van der Waals surface area contributed by atoms with E-state index in [0.29, 0.717) is 50.5 Å². The molecule has 5 heterocycles. The number of hydrogen-bond donors (Lipinski definition) is 2. The van der Waals surface area contributed by atoms with Crippen molar-refractivity contribution in [2.24, 2.45) is 11.3 Å². The number of fused-ring (bicyclic) bond motifs is 4. The summed E-state index contributed by atoms with van der Waals surface area (Å²) < 4.78 is 30.6. The average Bonchev–Trinajstić information content (AvgIpc) is 4.11. The summed E-state index contributed by atoms with van der Waals surface area (Å²) in [5.41, 5.74) is 1.34. The molecule has 0 aromatic carbocycles. The molecule has 2 N–H and O–H groups in total. The molecule has 2 aromatic rings. The number of ketones is 2. The summed E-state index contributed by atoms with van der Waals surface area (Å²) in [5, 5.41) is 14.3. The lowest BCUT2D eigenvalue weighted by molar-refractivity contribution is -0.159. The minimum absolute atomic E-state index is 0.0619. The Labute approximate surface area is 318 Å². The predicted molar refractivity (Wildman–Crippen MR) is 190 cm³/mol. The first kappa shape index (κ1) is 40.0. The van der Waals surface area contributed by atoms with E-state index in [-0.39, 0.29) is 48.2 Å². The van der Waals surface area contributed by atoms with Crippen molar-refractivity contribution >= 4 is 35.6 Å². The van der Waals surface area contributed by atoms with E-state index in [1.54, 1.807) is 41.5 Å². The molecule has 55 heavy (non-hydrogen) atoms. The monoisotopic (exact) mass is 769 g/mol. The predicted octanol–water partition coefficient (Wildman–Crippen LogP) is 3.31. The van der Waals surface area contributed by atoms with Crippen molar-refractivity contribution in [3.63, 3.8) is 0 Å². The fourth-order valence-electron chi connectivity index (χ4n) is 7.37. The van der Waals surface area contributed by atoms with Crippen LogP contribution in [0.15, 0.2) is 9.05 Å². The lowest BCUT2D eigenvalue weighted by atomic mass is 9.82. The number of hydrogen-bond acceptors (Lipinski definition) is 16. The number of ether oxygens (including phenoxy) is 4. The molecule has 17 heteroatoms. The van der Waals surface area contributed by atoms with Gasteiger partial charge in [-0.2, -0.15) is 0 Å². The van der Waals surface area contributed by atoms with E-state index in [9.17, 15) is 28.8 Å². The minimum atomic E-state index is -1.15. The lowest BCUT2D eigenvalue weighted by Crippen LogP contribution is -2.54. The number of aromatic nitrogens is 2. The van der Waals surface area contributed by atoms with Crippen LogP contribution in [0.2, 0.25) is 0 Å². The zero-order chi connectivity index (χ0) is 39.8. The summed E-state index contributed by atoms with van der Waals surface area (Å²) >= 11 is 0. The number of carbonyl (C=O) groups is 6. The van der Waals surface area contributed by atoms with E-state index in [1.807, 2.05) is 0 Å². The molecule has 1 atom stereocenters. The van der Waals surface area contributed by atoms with Gasteiger partial charge in [0.15, 0.2) is 17.2 Å². The second kappa shape index (κ2) is 15.5. The standard InChI is InChI=1S/C16H23NO6.2C11H14N2O3/c1-5-22-13(20)11(18)10-8-17(14(21)23-15(2,3)4)9-16(6-7-16)12(10)19;2*1-2-15-10(14)8-7-5-12-6-11(3-4-11)9(7)16-13-8/h10H,5-9H2,1-4H3;2*12H,2-6H2,1H3. The van der Waals surface area contributed by atoms with Crippen LogP contribution in [0.3, 0.4) is 0 Å². The van der Waals surface area contributed by atoms with Gasteiger partial charge in [0.05, 0.1) is 19.8 Å². The normalized spacial score (nSPS) is 21.5. The molecule has 0 radical (unpaired) electrons. The molecule has 3 saturated carbocycles. The van der Waals surface area contributed by atoms with Crippen LogP contribution in [0.4, 0.5) is 4.79 Å². The smallest absolute Gasteiger partial charge is 0.410 e. The lowest BCUT2D eigenvalue weighted by Gasteiger charge is -2.36. The van der Waals surface area contributed by atoms with Crippen LogP contribution in [-0.2, 0) is 57.3 Å². The van der Waals surface area contributed by atoms with Gasteiger partial charge in [-0.15, -0.1) is 0 Å². The first-order valence-electron chi connectivity index (χ1n) is 19.1. The minimum Gasteiger partial charge on any atom is -0.461 e. The third-order valence-electron chi connectivity index (χ3n) is 10.7. The zero-order valence-corrected chi connectivity index (χ0v) is 32.4. The number of nitrogens with one attached hydrogen (secondary N) is 2. The summed E-state index contributed by atoms with van der Waals surface area (Å²) in [6.45, 7) is 14.4. The van der Waals surface area contributed by atoms with Crippen LogP contribution in [0.5, 0.6) is 0 Å². The largest absolute Gasteiger partial charge is 0.461 e. The Morgan fingerprint density at radius 2 is 1.20 bits per heavy atom. The van der Waals surface area contributed by atoms with Crippen molar-refractivity contribution in [2.75, 3.05) is 46.0 Å². The van der Waals surface area contributed by atoms with Crippen molar-refractivity contribution in [1.82, 2.24) is 25.8 Å². The Kier molecular flexibility index (Phi) is 11.3. The Morgan fingerprint density at radius 1 is 0.745 bits per heavy atom. The number of carbonyl (C=O) groups excluding carboxylic acids is 6. The van der Waals surface area contributed by atoms with Crippen LogP contribution in [0.25, 0.3) is 0 Å². The molecule has 8 rings (SSSR count). The maximum absolute atomic E-state index is 12.5. The Morgan fingerprint density at radius 3 is 1.60 bits per heavy atom. The number of rotatable bonds is 7. The molecule has 1 unspecified atom stereocenters. The molecule has 3 aliphatic carbocycles. The Balaban J connectivity index is 0.000000143. The maximum atomic E-state index is 12.5. The summed E-state index contributed by atoms with van der Waals surface area (Å²) in [6.07, 6.45) is 5.14. The fourth-order valence-corrected chi connectivity index (χ4v) is 7.37. The summed E-state index contributed by atoms with van der Waals surface area (Å²) in [6, 6.07) is 0. The number of nitrogens with zero attached hydrogens (tertiary/aromatic N) is 3. The van der Waals surface area contributed by atoms with Gasteiger partial charge in [-0.1, -0.05) is 10.3 Å². The van der Waals surface area contributed by atoms with Gasteiger partial charge in [-0.05, 0) is 80.1 Å². The van der Waals surface area contributed by atoms with Gasteiger partial charge in [0, 0.05) is 66.6 Å². The van der Waals surface area contributed by atoms with E-state index >= 15 is 0 Å². The highest BCUT2D eigenvalue weighted by molar-refractivity contribution is 6.39. The van der Waals surface area contributed by atoms with Crippen molar-refractivity contribution in [1.29, 1.82) is 0 Å². The van der Waals surface area contributed by atoms with E-state index in [0.717, 1.165) is 61.4 Å². The molecule has 1 saturated heterocycles. The fraction of sp³-hybridized carbons (Fsp3) is 0.684. The summed E-state index contributed by atoms with van der Waals surface area (Å²) in [4.78, 5) is 73.3. The number of piperidine rings is 1. The van der Waals surface area contributed by atoms with Crippen molar-refractivity contribution in [2.45, 2.75) is 110 Å². The number of esters is 3. The van der Waals surface area contributed by atoms with E-state index in [1.165, 1.54) is 4.90 Å². The van der Waals surface area contributed by atoms with E-state index < -0.39 is 34.8 Å². The molecule has 300 valence electrons. The van der Waals surface area contributed by atoms with Gasteiger partial charge < -0.3 is 43.5 Å². The second-order valence-electron chi connectivity index (χ2n) is 16.0. The zero-order valence-electron chi connectivity index (χ0n) is 32.4. The molecule has 3 aliphatic heterocycles. The van der Waals surface area contributed by atoms with E-state index in [2.05, 4.69) is 20.9 Å². The van der Waals surface area contributed by atoms with Gasteiger partial charge in [0.2, 0.25) is 0 Å². The molecule has 0 bridgehead atoms. The van der Waals surface area contributed by atoms with Crippen LogP contribution in [0.1, 0.15) is 124 Å². The van der Waals surface area contributed by atoms with E-state index in [4.69, 9.17) is 28.0 Å². The Bertz CT molecular complexity index is 1750. The molecule has 3 spiro atoms. The van der Waals surface area contributed by atoms with Gasteiger partial charge in [-0.3, -0.25) is 9.59 Å². The molecule has 6 aliphatic rings. The Hall–Kier alpha value is -4.64. The van der Waals surface area contributed by atoms with Crippen LogP contribution in [0, 0.1) is 11.3 Å². The average molecular weight is 770 g/mol. The van der Waals surface area contributed by atoms with Crippen molar-refractivity contribution in [3.05, 3.63) is 34.0 Å². The van der Waals surface area contributed by atoms with Gasteiger partial charge in [0.1, 0.15) is 23.0 Å². The summed E-state index contributed by atoms with van der Waals surface area (Å²) in [5.74, 6) is -2.28. The van der Waals surface area contributed by atoms with Crippen LogP contribution >= 0.6 is 0 Å². The maximum Gasteiger partial charge on any atom is 0.410 e. The first-order chi connectivity index (χ1) is 26.1. The number of Topliss-reactive ketones (excluding diaryl/α,β-unsaturated/α-hetero) is 2. The molecule has 4 fully saturated rings. The quantitative estimate of drug-likeness (QED) is 0.179.